The van der Waals surface area contributed by atoms with Crippen molar-refractivity contribution in [2.75, 3.05) is 19.6 Å². The molecule has 1 fully saturated rings. The summed E-state index contributed by atoms with van der Waals surface area (Å²) in [5.41, 5.74) is -2.66. The van der Waals surface area contributed by atoms with Gasteiger partial charge in [-0.1, -0.05) is 33.1 Å². The van der Waals surface area contributed by atoms with Gasteiger partial charge in [0.05, 0.1) is 0 Å². The zero-order chi connectivity index (χ0) is 16.8. The van der Waals surface area contributed by atoms with E-state index in [4.69, 9.17) is 0 Å². The number of carbonyl (C=O) groups is 1. The summed E-state index contributed by atoms with van der Waals surface area (Å²) in [6.07, 6.45) is -1.34. The second kappa shape index (κ2) is 8.04. The van der Waals surface area contributed by atoms with Crippen molar-refractivity contribution in [3.8, 4) is 0 Å². The number of halogens is 3. The Labute approximate surface area is 130 Å². The number of likely N-dealkylation sites (tertiary alicyclic amines) is 1. The average Bonchev–Trinajstić information content (AvgIpc) is 2.47. The Morgan fingerprint density at radius 2 is 1.91 bits per heavy atom. The number of hydrogen-bond acceptors (Lipinski definition) is 2. The molecule has 1 saturated heterocycles. The van der Waals surface area contributed by atoms with Gasteiger partial charge in [-0.05, 0) is 12.3 Å². The highest BCUT2D eigenvalue weighted by Crippen LogP contribution is 2.38. The third-order valence-corrected chi connectivity index (χ3v) is 4.49. The van der Waals surface area contributed by atoms with Gasteiger partial charge in [0.2, 0.25) is 0 Å². The SMILES string of the molecule is CCCCC(CC)CNC(=O)N1CCC(O)(C(F)(F)F)CC1. The number of amides is 2. The highest BCUT2D eigenvalue weighted by Gasteiger charge is 2.54. The molecule has 130 valence electrons. The highest BCUT2D eigenvalue weighted by molar-refractivity contribution is 5.74. The van der Waals surface area contributed by atoms with Crippen molar-refractivity contribution in [3.63, 3.8) is 0 Å². The molecule has 0 saturated carbocycles. The van der Waals surface area contributed by atoms with Crippen LogP contribution in [0.4, 0.5) is 18.0 Å². The minimum Gasteiger partial charge on any atom is -0.380 e. The monoisotopic (exact) mass is 324 g/mol. The first-order valence-electron chi connectivity index (χ1n) is 8.05. The van der Waals surface area contributed by atoms with Gasteiger partial charge in [0.15, 0.2) is 5.60 Å². The van der Waals surface area contributed by atoms with E-state index < -0.39 is 24.6 Å². The van der Waals surface area contributed by atoms with Crippen molar-refractivity contribution in [3.05, 3.63) is 0 Å². The van der Waals surface area contributed by atoms with Crippen LogP contribution in [-0.4, -0.2) is 47.4 Å². The molecule has 1 unspecified atom stereocenters. The van der Waals surface area contributed by atoms with Gasteiger partial charge in [-0.3, -0.25) is 0 Å². The molecular weight excluding hydrogens is 297 g/mol. The lowest BCUT2D eigenvalue weighted by Crippen LogP contribution is -2.56. The summed E-state index contributed by atoms with van der Waals surface area (Å²) in [6, 6.07) is -0.334. The van der Waals surface area contributed by atoms with Gasteiger partial charge in [0, 0.05) is 32.5 Å². The van der Waals surface area contributed by atoms with Crippen LogP contribution in [0.3, 0.4) is 0 Å². The molecule has 1 heterocycles. The maximum absolute atomic E-state index is 12.7. The van der Waals surface area contributed by atoms with E-state index in [1.54, 1.807) is 0 Å². The van der Waals surface area contributed by atoms with Gasteiger partial charge >= 0.3 is 12.2 Å². The van der Waals surface area contributed by atoms with Crippen molar-refractivity contribution in [2.45, 2.75) is 64.1 Å². The predicted octanol–water partition coefficient (Wildman–Crippen LogP) is 3.30. The van der Waals surface area contributed by atoms with Gasteiger partial charge in [-0.15, -0.1) is 0 Å². The summed E-state index contributed by atoms with van der Waals surface area (Å²) in [6.45, 7) is 4.58. The first-order valence-corrected chi connectivity index (χ1v) is 8.05. The summed E-state index contributed by atoms with van der Waals surface area (Å²) >= 11 is 0. The molecule has 0 aromatic heterocycles. The van der Waals surface area contributed by atoms with Crippen molar-refractivity contribution in [1.82, 2.24) is 10.2 Å². The van der Waals surface area contributed by atoms with E-state index in [1.807, 2.05) is 0 Å². The van der Waals surface area contributed by atoms with Crippen molar-refractivity contribution < 1.29 is 23.1 Å². The Morgan fingerprint density at radius 3 is 2.36 bits per heavy atom. The van der Waals surface area contributed by atoms with Crippen molar-refractivity contribution >= 4 is 6.03 Å². The highest BCUT2D eigenvalue weighted by atomic mass is 19.4. The molecule has 0 aromatic carbocycles. The molecule has 0 bridgehead atoms. The molecule has 2 N–H and O–H groups in total. The first kappa shape index (κ1) is 19.1. The molecule has 2 amide bonds. The molecule has 1 rings (SSSR count). The zero-order valence-electron chi connectivity index (χ0n) is 13.4. The first-order chi connectivity index (χ1) is 10.2. The third-order valence-electron chi connectivity index (χ3n) is 4.49. The molecule has 1 aliphatic rings. The lowest BCUT2D eigenvalue weighted by Gasteiger charge is -2.39. The van der Waals surface area contributed by atoms with E-state index in [0.717, 1.165) is 25.7 Å². The van der Waals surface area contributed by atoms with Crippen LogP contribution in [0.2, 0.25) is 0 Å². The van der Waals surface area contributed by atoms with E-state index in [9.17, 15) is 23.1 Å². The van der Waals surface area contributed by atoms with Crippen molar-refractivity contribution in [2.24, 2.45) is 5.92 Å². The number of piperidine rings is 1. The summed E-state index contributed by atoms with van der Waals surface area (Å²) in [5, 5.41) is 12.4. The minimum absolute atomic E-state index is 0.0758. The normalized spacial score (nSPS) is 19.8. The minimum atomic E-state index is -4.64. The molecule has 7 heteroatoms. The lowest BCUT2D eigenvalue weighted by molar-refractivity contribution is -0.271. The van der Waals surface area contributed by atoms with E-state index in [0.29, 0.717) is 12.5 Å². The topological polar surface area (TPSA) is 52.6 Å². The standard InChI is InChI=1S/C15H27F3N2O2/c1-3-5-6-12(4-2)11-19-13(21)20-9-7-14(22,8-10-20)15(16,17)18/h12,22H,3-11H2,1-2H3,(H,19,21). The van der Waals surface area contributed by atoms with Crippen LogP contribution < -0.4 is 5.32 Å². The summed E-state index contributed by atoms with van der Waals surface area (Å²) < 4.78 is 38.1. The van der Waals surface area contributed by atoms with Crippen LogP contribution >= 0.6 is 0 Å². The summed E-state index contributed by atoms with van der Waals surface area (Å²) in [5.74, 6) is 0.404. The molecule has 1 atom stereocenters. The van der Waals surface area contributed by atoms with Gasteiger partial charge in [-0.2, -0.15) is 13.2 Å². The van der Waals surface area contributed by atoms with Gasteiger partial charge in [0.25, 0.3) is 0 Å². The maximum Gasteiger partial charge on any atom is 0.417 e. The second-order valence-electron chi connectivity index (χ2n) is 6.12. The molecule has 4 nitrogen and oxygen atoms in total. The van der Waals surface area contributed by atoms with Crippen LogP contribution in [0.1, 0.15) is 52.4 Å². The number of alkyl halides is 3. The molecule has 0 aromatic rings. The third kappa shape index (κ3) is 5.04. The molecule has 0 aliphatic carbocycles. The number of nitrogens with one attached hydrogen (secondary N) is 1. The Morgan fingerprint density at radius 1 is 1.32 bits per heavy atom. The average molecular weight is 324 g/mol. The summed E-state index contributed by atoms with van der Waals surface area (Å²) in [7, 11) is 0. The van der Waals surface area contributed by atoms with Gasteiger partial charge in [0.1, 0.15) is 0 Å². The van der Waals surface area contributed by atoms with Crippen LogP contribution in [0.15, 0.2) is 0 Å². The number of hydrogen-bond donors (Lipinski definition) is 2. The second-order valence-corrected chi connectivity index (χ2v) is 6.12. The lowest BCUT2D eigenvalue weighted by atomic mass is 9.91. The van der Waals surface area contributed by atoms with Crippen LogP contribution in [0.5, 0.6) is 0 Å². The van der Waals surface area contributed by atoms with E-state index in [2.05, 4.69) is 19.2 Å². The Balaban J connectivity index is 2.39. The fourth-order valence-electron chi connectivity index (χ4n) is 2.65. The maximum atomic E-state index is 12.7. The fraction of sp³-hybridized carbons (Fsp3) is 0.933. The molecule has 1 aliphatic heterocycles. The zero-order valence-corrected chi connectivity index (χ0v) is 13.4. The van der Waals surface area contributed by atoms with Crippen molar-refractivity contribution in [1.29, 1.82) is 0 Å². The predicted molar refractivity (Wildman–Crippen MR) is 78.5 cm³/mol. The van der Waals surface area contributed by atoms with E-state index >= 15 is 0 Å². The number of nitrogens with zero attached hydrogens (tertiary/aromatic N) is 1. The quantitative estimate of drug-likeness (QED) is 0.787. The Hall–Kier alpha value is -0.980. The Bertz CT molecular complexity index is 353. The summed E-state index contributed by atoms with van der Waals surface area (Å²) in [4.78, 5) is 13.4. The molecule has 0 spiro atoms. The number of urea groups is 1. The fourth-order valence-corrected chi connectivity index (χ4v) is 2.65. The van der Waals surface area contributed by atoms with Crippen LogP contribution in [0.25, 0.3) is 0 Å². The van der Waals surface area contributed by atoms with Crippen LogP contribution in [0, 0.1) is 5.92 Å². The molecular formula is C15H27F3N2O2. The van der Waals surface area contributed by atoms with E-state index in [1.165, 1.54) is 4.90 Å². The van der Waals surface area contributed by atoms with Crippen LogP contribution in [-0.2, 0) is 0 Å². The number of rotatable bonds is 6. The van der Waals surface area contributed by atoms with Gasteiger partial charge < -0.3 is 15.3 Å². The van der Waals surface area contributed by atoms with Gasteiger partial charge in [-0.25, -0.2) is 4.79 Å². The number of carbonyl (C=O) groups excluding carboxylic acids is 1. The largest absolute Gasteiger partial charge is 0.417 e. The smallest absolute Gasteiger partial charge is 0.380 e. The number of unbranched alkanes of at least 4 members (excludes halogenated alkanes) is 1. The molecule has 0 radical (unpaired) electrons. The molecule has 22 heavy (non-hydrogen) atoms. The Kier molecular flexibility index (Phi) is 6.97. The number of aliphatic hydroxyl groups is 1. The van der Waals surface area contributed by atoms with E-state index in [-0.39, 0.29) is 19.1 Å².